The van der Waals surface area contributed by atoms with Gasteiger partial charge in [0.2, 0.25) is 0 Å². The summed E-state index contributed by atoms with van der Waals surface area (Å²) in [5, 5.41) is 22.1. The monoisotopic (exact) mass is 500 g/mol. The normalized spacial score (nSPS) is 33.8. The highest BCUT2D eigenvalue weighted by Gasteiger charge is 2.58. The van der Waals surface area contributed by atoms with Crippen LogP contribution in [-0.4, -0.2) is 71.5 Å². The maximum atomic E-state index is 14.9. The second-order valence-electron chi connectivity index (χ2n) is 5.75. The second-order valence-corrected chi connectivity index (χ2v) is 10.2. The smallest absolute Gasteiger partial charge is 0.385 e. The Morgan fingerprint density at radius 2 is 1.80 bits per heavy atom. The van der Waals surface area contributed by atoms with Gasteiger partial charge in [0.15, 0.2) is 6.23 Å². The molecule has 1 amide bonds. The Bertz CT molecular complexity index is 891. The van der Waals surface area contributed by atoms with Crippen molar-refractivity contribution in [2.45, 2.75) is 24.3 Å². The SMILES string of the molecule is C=C1NC(=O)C=CN1[C@@H]1O[C@](F)(COP(=O)(O)OP(=O)(O)OP(=O)(O)O)[C@@H](O)[C@H]1O. The molecule has 0 radical (unpaired) electrons. The summed E-state index contributed by atoms with van der Waals surface area (Å²) in [4.78, 5) is 47.4. The molecule has 2 heterocycles. The van der Waals surface area contributed by atoms with Crippen molar-refractivity contribution >= 4 is 29.4 Å². The summed E-state index contributed by atoms with van der Waals surface area (Å²) >= 11 is 0. The van der Waals surface area contributed by atoms with Gasteiger partial charge in [-0.15, -0.1) is 0 Å². The summed E-state index contributed by atoms with van der Waals surface area (Å²) < 4.78 is 64.2. The molecule has 2 unspecified atom stereocenters. The molecule has 20 heteroatoms. The van der Waals surface area contributed by atoms with Gasteiger partial charge in [-0.05, 0) is 0 Å². The van der Waals surface area contributed by atoms with E-state index >= 15 is 0 Å². The molecule has 0 aromatic heterocycles. The van der Waals surface area contributed by atoms with Gasteiger partial charge in [0.1, 0.15) is 24.6 Å². The Morgan fingerprint density at radius 1 is 1.20 bits per heavy atom. The number of halogens is 1. The van der Waals surface area contributed by atoms with Crippen LogP contribution in [0.5, 0.6) is 0 Å². The maximum absolute atomic E-state index is 14.9. The van der Waals surface area contributed by atoms with Crippen molar-refractivity contribution < 1.29 is 70.5 Å². The molecule has 0 aromatic carbocycles. The van der Waals surface area contributed by atoms with E-state index in [0.717, 1.165) is 17.2 Å². The molecule has 0 saturated carbocycles. The van der Waals surface area contributed by atoms with Crippen LogP contribution in [0.1, 0.15) is 0 Å². The topological polar surface area (TPSA) is 242 Å². The van der Waals surface area contributed by atoms with Crippen LogP contribution in [0.25, 0.3) is 0 Å². The van der Waals surface area contributed by atoms with Gasteiger partial charge in [0.05, 0.1) is 0 Å². The van der Waals surface area contributed by atoms with Gasteiger partial charge in [0.25, 0.3) is 11.8 Å². The number of ether oxygens (including phenoxy) is 1. The Kier molecular flexibility index (Phi) is 7.14. The number of phosphoric acid groups is 3. The number of rotatable bonds is 8. The fraction of sp³-hybridized carbons (Fsp3) is 0.500. The molecule has 1 saturated heterocycles. The quantitative estimate of drug-likeness (QED) is 0.187. The van der Waals surface area contributed by atoms with Gasteiger partial charge in [-0.25, -0.2) is 18.1 Å². The summed E-state index contributed by atoms with van der Waals surface area (Å²) in [5.41, 5.74) is 0. The minimum absolute atomic E-state index is 0.170. The zero-order valence-electron chi connectivity index (χ0n) is 14.4. The molecule has 2 aliphatic heterocycles. The molecule has 30 heavy (non-hydrogen) atoms. The third-order valence-corrected chi connectivity index (χ3v) is 7.24. The first-order valence-electron chi connectivity index (χ1n) is 7.42. The number of aliphatic hydroxyl groups excluding tert-OH is 2. The number of carbonyl (C=O) groups excluding carboxylic acids is 1. The van der Waals surface area contributed by atoms with Crippen LogP contribution in [0.3, 0.4) is 0 Å². The van der Waals surface area contributed by atoms with Crippen molar-refractivity contribution in [3.63, 3.8) is 0 Å². The third-order valence-electron chi connectivity index (χ3n) is 3.45. The predicted octanol–water partition coefficient (Wildman–Crippen LogP) is -1.51. The van der Waals surface area contributed by atoms with Crippen LogP contribution in [-0.2, 0) is 36.4 Å². The Labute approximate surface area is 166 Å². The van der Waals surface area contributed by atoms with E-state index in [0.29, 0.717) is 0 Å². The van der Waals surface area contributed by atoms with Crippen molar-refractivity contribution in [1.82, 2.24) is 10.2 Å². The van der Waals surface area contributed by atoms with Crippen LogP contribution >= 0.6 is 23.5 Å². The number of nitrogens with zero attached hydrogens (tertiary/aromatic N) is 1. The minimum Gasteiger partial charge on any atom is -0.385 e. The highest BCUT2D eigenvalue weighted by Crippen LogP contribution is 2.66. The van der Waals surface area contributed by atoms with Gasteiger partial charge < -0.3 is 44.7 Å². The molecule has 1 fully saturated rings. The first-order valence-corrected chi connectivity index (χ1v) is 11.9. The van der Waals surface area contributed by atoms with Crippen LogP contribution < -0.4 is 5.32 Å². The van der Waals surface area contributed by atoms with E-state index < -0.39 is 60.3 Å². The van der Waals surface area contributed by atoms with Crippen molar-refractivity contribution in [3.8, 4) is 0 Å². The van der Waals surface area contributed by atoms with E-state index in [9.17, 15) is 38.0 Å². The van der Waals surface area contributed by atoms with Crippen molar-refractivity contribution in [3.05, 3.63) is 24.7 Å². The molecule has 0 spiro atoms. The van der Waals surface area contributed by atoms with Gasteiger partial charge in [-0.3, -0.25) is 9.32 Å². The van der Waals surface area contributed by atoms with Crippen molar-refractivity contribution in [2.75, 3.05) is 6.61 Å². The third kappa shape index (κ3) is 6.24. The summed E-state index contributed by atoms with van der Waals surface area (Å²) in [6.45, 7) is 1.76. The average molecular weight is 500 g/mol. The predicted molar refractivity (Wildman–Crippen MR) is 88.8 cm³/mol. The first-order chi connectivity index (χ1) is 13.4. The maximum Gasteiger partial charge on any atom is 0.490 e. The summed E-state index contributed by atoms with van der Waals surface area (Å²) in [6.07, 6.45) is -4.10. The van der Waals surface area contributed by atoms with Gasteiger partial charge in [-0.2, -0.15) is 8.62 Å². The van der Waals surface area contributed by atoms with E-state index in [1.165, 1.54) is 0 Å². The summed E-state index contributed by atoms with van der Waals surface area (Å²) in [7, 11) is -17.2. The highest BCUT2D eigenvalue weighted by molar-refractivity contribution is 7.66. The van der Waals surface area contributed by atoms with Gasteiger partial charge in [0, 0.05) is 12.3 Å². The molecule has 0 bridgehead atoms. The fourth-order valence-electron chi connectivity index (χ4n) is 2.29. The number of hydrogen-bond donors (Lipinski definition) is 7. The molecule has 16 nitrogen and oxygen atoms in total. The Balaban J connectivity index is 2.08. The lowest BCUT2D eigenvalue weighted by molar-refractivity contribution is -0.207. The highest BCUT2D eigenvalue weighted by atomic mass is 31.3. The van der Waals surface area contributed by atoms with E-state index in [4.69, 9.17) is 19.4 Å². The lowest BCUT2D eigenvalue weighted by Gasteiger charge is -2.32. The molecular weight excluding hydrogens is 484 g/mol. The largest absolute Gasteiger partial charge is 0.490 e. The summed E-state index contributed by atoms with van der Waals surface area (Å²) in [5.74, 6) is -4.15. The fourth-order valence-corrected chi connectivity index (χ4v) is 5.32. The van der Waals surface area contributed by atoms with Crippen LogP contribution in [0.4, 0.5) is 4.39 Å². The van der Waals surface area contributed by atoms with Gasteiger partial charge >= 0.3 is 23.5 Å². The zero-order chi connectivity index (χ0) is 23.1. The Hall–Kier alpha value is -1.03. The molecule has 0 aromatic rings. The van der Waals surface area contributed by atoms with E-state index in [2.05, 4.69) is 25.0 Å². The lowest BCUT2D eigenvalue weighted by atomic mass is 10.1. The summed E-state index contributed by atoms with van der Waals surface area (Å²) in [6, 6.07) is 0. The minimum atomic E-state index is -5.84. The number of amides is 1. The molecular formula is C10H16FN2O14P3. The molecule has 172 valence electrons. The number of carbonyl (C=O) groups is 1. The molecule has 2 aliphatic rings. The first kappa shape index (κ1) is 25.2. The van der Waals surface area contributed by atoms with Gasteiger partial charge in [-0.1, -0.05) is 6.58 Å². The van der Waals surface area contributed by atoms with Crippen molar-refractivity contribution in [1.29, 1.82) is 0 Å². The van der Waals surface area contributed by atoms with Crippen LogP contribution in [0, 0.1) is 0 Å². The van der Waals surface area contributed by atoms with E-state index in [1.54, 1.807) is 0 Å². The molecule has 0 aliphatic carbocycles. The number of alkyl halides is 1. The standard InChI is InChI=1S/C10H16FN2O14P3/c1-5-12-6(14)2-3-13(5)9-7(15)8(16)10(11,25-9)4-24-29(20,21)27-30(22,23)26-28(17,18)19/h2-3,7-9,15-16H,1,4H2,(H,12,14)(H,20,21)(H,22,23)(H2,17,18,19)/t7-,8+,9-,10-/m1/s1. The van der Waals surface area contributed by atoms with Crippen LogP contribution in [0.15, 0.2) is 24.7 Å². The lowest BCUT2D eigenvalue weighted by Crippen LogP contribution is -2.46. The van der Waals surface area contributed by atoms with Crippen molar-refractivity contribution in [2.24, 2.45) is 0 Å². The van der Waals surface area contributed by atoms with Crippen LogP contribution in [0.2, 0.25) is 0 Å². The molecule has 2 rings (SSSR count). The number of nitrogens with one attached hydrogen (secondary N) is 1. The number of aliphatic hydroxyl groups is 2. The Morgan fingerprint density at radius 3 is 2.33 bits per heavy atom. The van der Waals surface area contributed by atoms with E-state index in [1.807, 2.05) is 0 Å². The van der Waals surface area contributed by atoms with E-state index in [-0.39, 0.29) is 5.82 Å². The second kappa shape index (κ2) is 8.48. The average Bonchev–Trinajstić information content (AvgIpc) is 2.75. The number of phosphoric ester groups is 1. The zero-order valence-corrected chi connectivity index (χ0v) is 17.1. The molecule has 7 N–H and O–H groups in total. The number of hydrogen-bond acceptors (Lipinski definition) is 11. The molecule has 6 atom stereocenters.